The van der Waals surface area contributed by atoms with Crippen molar-refractivity contribution in [2.75, 3.05) is 0 Å². The number of aliphatic hydroxyl groups is 1. The van der Waals surface area contributed by atoms with E-state index in [1.165, 1.54) is 0 Å². The van der Waals surface area contributed by atoms with Gasteiger partial charge in [-0.15, -0.1) is 0 Å². The molecular formula is C22H26O5. The number of hydrogen-bond acceptors (Lipinski definition) is 5. The standard InChI is InChI=1S/C22H26O5/c1-2-3-14-22(25,21(24)27-17-19-12-8-5-9-13-19)15-20(23)26-16-18-10-6-4-7-11-18/h4-13,25H,2-3,14-17H2,1H3. The maximum atomic E-state index is 12.5. The molecule has 2 aromatic rings. The van der Waals surface area contributed by atoms with Crippen LogP contribution in [-0.4, -0.2) is 22.6 Å². The van der Waals surface area contributed by atoms with E-state index in [1.54, 1.807) is 0 Å². The molecule has 1 atom stereocenters. The summed E-state index contributed by atoms with van der Waals surface area (Å²) in [6, 6.07) is 18.4. The Kier molecular flexibility index (Phi) is 8.01. The van der Waals surface area contributed by atoms with Gasteiger partial charge < -0.3 is 14.6 Å². The van der Waals surface area contributed by atoms with Crippen LogP contribution in [0.15, 0.2) is 60.7 Å². The van der Waals surface area contributed by atoms with Crippen LogP contribution < -0.4 is 0 Å². The molecule has 0 aromatic heterocycles. The second-order valence-corrected chi connectivity index (χ2v) is 6.52. The van der Waals surface area contributed by atoms with Crippen LogP contribution >= 0.6 is 0 Å². The third-order valence-corrected chi connectivity index (χ3v) is 4.22. The predicted octanol–water partition coefficient (Wildman–Crippen LogP) is 3.78. The van der Waals surface area contributed by atoms with Gasteiger partial charge in [0, 0.05) is 0 Å². The average molecular weight is 370 g/mol. The fourth-order valence-electron chi connectivity index (χ4n) is 2.62. The minimum atomic E-state index is -1.88. The normalized spacial score (nSPS) is 12.8. The van der Waals surface area contributed by atoms with Gasteiger partial charge in [-0.3, -0.25) is 4.79 Å². The fraction of sp³-hybridized carbons (Fsp3) is 0.364. The van der Waals surface area contributed by atoms with Crippen molar-refractivity contribution < 1.29 is 24.2 Å². The van der Waals surface area contributed by atoms with E-state index in [2.05, 4.69) is 0 Å². The van der Waals surface area contributed by atoms with Crippen LogP contribution in [0.4, 0.5) is 0 Å². The van der Waals surface area contributed by atoms with Gasteiger partial charge in [0.2, 0.25) is 0 Å². The van der Waals surface area contributed by atoms with Crippen molar-refractivity contribution in [3.8, 4) is 0 Å². The molecule has 144 valence electrons. The monoisotopic (exact) mass is 370 g/mol. The van der Waals surface area contributed by atoms with Crippen molar-refractivity contribution in [3.63, 3.8) is 0 Å². The number of benzene rings is 2. The minimum Gasteiger partial charge on any atom is -0.461 e. The van der Waals surface area contributed by atoms with E-state index >= 15 is 0 Å². The number of carbonyl (C=O) groups is 2. The van der Waals surface area contributed by atoms with Gasteiger partial charge in [-0.25, -0.2) is 4.79 Å². The Morgan fingerprint density at radius 2 is 1.41 bits per heavy atom. The number of rotatable bonds is 10. The zero-order chi connectivity index (χ0) is 19.5. The van der Waals surface area contributed by atoms with Crippen molar-refractivity contribution in [2.24, 2.45) is 0 Å². The molecule has 2 rings (SSSR count). The highest BCUT2D eigenvalue weighted by Gasteiger charge is 2.40. The Hall–Kier alpha value is -2.66. The summed E-state index contributed by atoms with van der Waals surface area (Å²) in [6.45, 7) is 2.10. The molecule has 0 aliphatic heterocycles. The van der Waals surface area contributed by atoms with Crippen molar-refractivity contribution in [1.82, 2.24) is 0 Å². The molecule has 0 spiro atoms. The highest BCUT2D eigenvalue weighted by Crippen LogP contribution is 2.22. The third kappa shape index (κ3) is 6.87. The van der Waals surface area contributed by atoms with E-state index < -0.39 is 24.0 Å². The Morgan fingerprint density at radius 1 is 0.889 bits per heavy atom. The quantitative estimate of drug-likeness (QED) is 0.644. The van der Waals surface area contributed by atoms with Gasteiger partial charge in [-0.1, -0.05) is 80.4 Å². The van der Waals surface area contributed by atoms with E-state index in [0.717, 1.165) is 17.5 Å². The largest absolute Gasteiger partial charge is 0.461 e. The molecule has 0 radical (unpaired) electrons. The van der Waals surface area contributed by atoms with Crippen molar-refractivity contribution in [3.05, 3.63) is 71.8 Å². The Bertz CT molecular complexity index is 714. The zero-order valence-electron chi connectivity index (χ0n) is 15.6. The molecule has 0 aliphatic carbocycles. The number of ether oxygens (including phenoxy) is 2. The van der Waals surface area contributed by atoms with Crippen LogP contribution in [0.3, 0.4) is 0 Å². The second-order valence-electron chi connectivity index (χ2n) is 6.52. The van der Waals surface area contributed by atoms with Crippen LogP contribution in [0.25, 0.3) is 0 Å². The number of unbranched alkanes of at least 4 members (excludes halogenated alkanes) is 1. The van der Waals surface area contributed by atoms with E-state index in [-0.39, 0.29) is 19.6 Å². The SMILES string of the molecule is CCCCC(O)(CC(=O)OCc1ccccc1)C(=O)OCc1ccccc1. The van der Waals surface area contributed by atoms with Crippen LogP contribution in [0.5, 0.6) is 0 Å². The minimum absolute atomic E-state index is 0.0488. The first kappa shape index (κ1) is 20.6. The smallest absolute Gasteiger partial charge is 0.339 e. The maximum absolute atomic E-state index is 12.5. The molecule has 5 nitrogen and oxygen atoms in total. The molecule has 1 N–H and O–H groups in total. The summed E-state index contributed by atoms with van der Waals surface area (Å²) in [5.74, 6) is -1.43. The van der Waals surface area contributed by atoms with Gasteiger partial charge in [0.15, 0.2) is 5.60 Å². The fourth-order valence-corrected chi connectivity index (χ4v) is 2.62. The number of carbonyl (C=O) groups excluding carboxylic acids is 2. The molecule has 0 fully saturated rings. The van der Waals surface area contributed by atoms with Gasteiger partial charge in [0.1, 0.15) is 13.2 Å². The van der Waals surface area contributed by atoms with Gasteiger partial charge >= 0.3 is 11.9 Å². The summed E-state index contributed by atoms with van der Waals surface area (Å²) in [6.07, 6.45) is 1.11. The number of hydrogen-bond donors (Lipinski definition) is 1. The Balaban J connectivity index is 1.94. The highest BCUT2D eigenvalue weighted by molar-refractivity contribution is 5.85. The first-order chi connectivity index (χ1) is 13.0. The first-order valence-corrected chi connectivity index (χ1v) is 9.16. The summed E-state index contributed by atoms with van der Waals surface area (Å²) in [5.41, 5.74) is -0.219. The molecule has 0 saturated carbocycles. The van der Waals surface area contributed by atoms with E-state index in [0.29, 0.717) is 6.42 Å². The van der Waals surface area contributed by atoms with E-state index in [4.69, 9.17) is 9.47 Å². The van der Waals surface area contributed by atoms with E-state index in [9.17, 15) is 14.7 Å². The number of esters is 2. The molecule has 0 amide bonds. The first-order valence-electron chi connectivity index (χ1n) is 9.16. The second kappa shape index (κ2) is 10.5. The van der Waals surface area contributed by atoms with Gasteiger partial charge in [0.25, 0.3) is 0 Å². The van der Waals surface area contributed by atoms with Gasteiger partial charge in [0.05, 0.1) is 6.42 Å². The molecule has 0 aliphatic rings. The van der Waals surface area contributed by atoms with Crippen LogP contribution in [0, 0.1) is 0 Å². The van der Waals surface area contributed by atoms with Crippen LogP contribution in [0.2, 0.25) is 0 Å². The molecule has 0 heterocycles. The van der Waals surface area contributed by atoms with Crippen molar-refractivity contribution in [2.45, 2.75) is 51.4 Å². The summed E-state index contributed by atoms with van der Waals surface area (Å²) in [5, 5.41) is 10.8. The Morgan fingerprint density at radius 3 is 1.93 bits per heavy atom. The molecule has 0 saturated heterocycles. The molecule has 5 heteroatoms. The lowest BCUT2D eigenvalue weighted by Gasteiger charge is -2.25. The lowest BCUT2D eigenvalue weighted by Crippen LogP contribution is -2.42. The summed E-state index contributed by atoms with van der Waals surface area (Å²) in [4.78, 5) is 24.7. The third-order valence-electron chi connectivity index (χ3n) is 4.22. The predicted molar refractivity (Wildman–Crippen MR) is 102 cm³/mol. The lowest BCUT2D eigenvalue weighted by molar-refractivity contribution is -0.175. The molecule has 27 heavy (non-hydrogen) atoms. The van der Waals surface area contributed by atoms with E-state index in [1.807, 2.05) is 67.6 Å². The van der Waals surface area contributed by atoms with Crippen molar-refractivity contribution in [1.29, 1.82) is 0 Å². The molecule has 0 bridgehead atoms. The van der Waals surface area contributed by atoms with Crippen LogP contribution in [-0.2, 0) is 32.3 Å². The topological polar surface area (TPSA) is 72.8 Å². The zero-order valence-corrected chi connectivity index (χ0v) is 15.6. The van der Waals surface area contributed by atoms with Gasteiger partial charge in [-0.05, 0) is 17.5 Å². The van der Waals surface area contributed by atoms with Crippen molar-refractivity contribution >= 4 is 11.9 Å². The lowest BCUT2D eigenvalue weighted by atomic mass is 9.93. The van der Waals surface area contributed by atoms with Crippen LogP contribution in [0.1, 0.15) is 43.7 Å². The molecular weight excluding hydrogens is 344 g/mol. The summed E-state index contributed by atoms with van der Waals surface area (Å²) < 4.78 is 10.5. The molecule has 1 unspecified atom stereocenters. The average Bonchev–Trinajstić information content (AvgIpc) is 2.70. The Labute approximate surface area is 159 Å². The summed E-state index contributed by atoms with van der Waals surface area (Å²) >= 11 is 0. The highest BCUT2D eigenvalue weighted by atomic mass is 16.6. The molecule has 2 aromatic carbocycles. The van der Waals surface area contributed by atoms with Gasteiger partial charge in [-0.2, -0.15) is 0 Å². The summed E-state index contributed by atoms with van der Waals surface area (Å²) in [7, 11) is 0. The maximum Gasteiger partial charge on any atom is 0.339 e.